The Kier molecular flexibility index (Phi) is 3.11. The first kappa shape index (κ1) is 11.4. The highest BCUT2D eigenvalue weighted by Crippen LogP contribution is 2.15. The predicted molar refractivity (Wildman–Crippen MR) is 68.3 cm³/mol. The summed E-state index contributed by atoms with van der Waals surface area (Å²) in [5, 5.41) is 3.36. The van der Waals surface area contributed by atoms with Crippen LogP contribution in [-0.2, 0) is 25.8 Å². The average molecular weight is 243 g/mol. The van der Waals surface area contributed by atoms with E-state index in [0.29, 0.717) is 0 Å². The van der Waals surface area contributed by atoms with Crippen LogP contribution in [0.3, 0.4) is 0 Å². The third-order valence-corrected chi connectivity index (χ3v) is 3.36. The van der Waals surface area contributed by atoms with Crippen LogP contribution in [0.1, 0.15) is 28.5 Å². The largest absolute Gasteiger partial charge is 0.469 e. The minimum atomic E-state index is 0.842. The maximum Gasteiger partial charge on any atom is 0.129 e. The molecule has 18 heavy (non-hydrogen) atoms. The molecule has 0 unspecified atom stereocenters. The molecule has 4 nitrogen and oxygen atoms in total. The van der Waals surface area contributed by atoms with Gasteiger partial charge in [0, 0.05) is 43.6 Å². The maximum atomic E-state index is 5.33. The predicted octanol–water partition coefficient (Wildman–Crippen LogP) is 1.81. The molecule has 0 radical (unpaired) electrons. The molecule has 0 aromatic carbocycles. The summed E-state index contributed by atoms with van der Waals surface area (Å²) >= 11 is 0. The van der Waals surface area contributed by atoms with E-state index in [2.05, 4.69) is 22.2 Å². The molecule has 1 aliphatic rings. The standard InChI is InChI=1S/C14H17N3O/c1-10-12-9-15-7-6-13(12)17-14(16-10)5-4-11-3-2-8-18-11/h2-3,8,15H,4-7,9H2,1H3. The number of hydrogen-bond acceptors (Lipinski definition) is 4. The summed E-state index contributed by atoms with van der Waals surface area (Å²) in [6.07, 6.45) is 4.42. The van der Waals surface area contributed by atoms with E-state index in [-0.39, 0.29) is 0 Å². The lowest BCUT2D eigenvalue weighted by Gasteiger charge is -2.18. The van der Waals surface area contributed by atoms with Gasteiger partial charge in [-0.3, -0.25) is 0 Å². The minimum Gasteiger partial charge on any atom is -0.469 e. The molecule has 94 valence electrons. The van der Waals surface area contributed by atoms with Crippen molar-refractivity contribution in [1.82, 2.24) is 15.3 Å². The SMILES string of the molecule is Cc1nc(CCc2ccco2)nc2c1CNCC2. The van der Waals surface area contributed by atoms with Gasteiger partial charge < -0.3 is 9.73 Å². The van der Waals surface area contributed by atoms with Crippen molar-refractivity contribution in [2.24, 2.45) is 0 Å². The molecule has 0 fully saturated rings. The zero-order valence-electron chi connectivity index (χ0n) is 10.6. The van der Waals surface area contributed by atoms with Crippen LogP contribution in [0.25, 0.3) is 0 Å². The van der Waals surface area contributed by atoms with Crippen molar-refractivity contribution < 1.29 is 4.42 Å². The Hall–Kier alpha value is -1.68. The van der Waals surface area contributed by atoms with Crippen LogP contribution in [-0.4, -0.2) is 16.5 Å². The summed E-state index contributed by atoms with van der Waals surface area (Å²) in [5.41, 5.74) is 3.61. The quantitative estimate of drug-likeness (QED) is 0.893. The lowest BCUT2D eigenvalue weighted by molar-refractivity contribution is 0.505. The van der Waals surface area contributed by atoms with Crippen LogP contribution in [0.4, 0.5) is 0 Å². The Morgan fingerprint density at radius 3 is 3.11 bits per heavy atom. The molecule has 0 spiro atoms. The Morgan fingerprint density at radius 1 is 1.33 bits per heavy atom. The molecule has 1 N–H and O–H groups in total. The molecule has 3 rings (SSSR count). The number of nitrogens with one attached hydrogen (secondary N) is 1. The molecule has 3 heterocycles. The van der Waals surface area contributed by atoms with Crippen molar-refractivity contribution in [1.29, 1.82) is 0 Å². The fourth-order valence-corrected chi connectivity index (χ4v) is 2.38. The summed E-state index contributed by atoms with van der Waals surface area (Å²) in [6.45, 7) is 3.99. The van der Waals surface area contributed by atoms with Gasteiger partial charge in [0.2, 0.25) is 0 Å². The second-order valence-electron chi connectivity index (χ2n) is 4.66. The third-order valence-electron chi connectivity index (χ3n) is 3.36. The van der Waals surface area contributed by atoms with Crippen LogP contribution in [0.2, 0.25) is 0 Å². The number of furan rings is 1. The lowest BCUT2D eigenvalue weighted by Crippen LogP contribution is -2.26. The minimum absolute atomic E-state index is 0.842. The van der Waals surface area contributed by atoms with Gasteiger partial charge in [0.15, 0.2) is 0 Å². The highest BCUT2D eigenvalue weighted by molar-refractivity contribution is 5.27. The first-order valence-electron chi connectivity index (χ1n) is 6.41. The molecule has 0 saturated heterocycles. The van der Waals surface area contributed by atoms with Gasteiger partial charge in [-0.25, -0.2) is 9.97 Å². The second-order valence-corrected chi connectivity index (χ2v) is 4.66. The van der Waals surface area contributed by atoms with Crippen LogP contribution >= 0.6 is 0 Å². The monoisotopic (exact) mass is 243 g/mol. The molecule has 2 aromatic heterocycles. The van der Waals surface area contributed by atoms with Crippen molar-refractivity contribution in [3.63, 3.8) is 0 Å². The summed E-state index contributed by atoms with van der Waals surface area (Å²) in [7, 11) is 0. The van der Waals surface area contributed by atoms with E-state index in [1.807, 2.05) is 12.1 Å². The molecule has 4 heteroatoms. The van der Waals surface area contributed by atoms with E-state index in [1.54, 1.807) is 6.26 Å². The second kappa shape index (κ2) is 4.90. The Morgan fingerprint density at radius 2 is 2.28 bits per heavy atom. The van der Waals surface area contributed by atoms with Gasteiger partial charge in [-0.2, -0.15) is 0 Å². The van der Waals surface area contributed by atoms with Gasteiger partial charge >= 0.3 is 0 Å². The molecular formula is C14H17N3O. The van der Waals surface area contributed by atoms with Crippen molar-refractivity contribution in [3.8, 4) is 0 Å². The number of hydrogen-bond donors (Lipinski definition) is 1. The van der Waals surface area contributed by atoms with E-state index in [0.717, 1.165) is 49.6 Å². The Labute approximate surface area is 106 Å². The number of nitrogens with zero attached hydrogens (tertiary/aromatic N) is 2. The van der Waals surface area contributed by atoms with Crippen LogP contribution < -0.4 is 5.32 Å². The van der Waals surface area contributed by atoms with E-state index in [1.165, 1.54) is 11.3 Å². The molecule has 0 saturated carbocycles. The molecular weight excluding hydrogens is 226 g/mol. The topological polar surface area (TPSA) is 51.0 Å². The van der Waals surface area contributed by atoms with Crippen molar-refractivity contribution in [3.05, 3.63) is 46.9 Å². The summed E-state index contributed by atoms with van der Waals surface area (Å²) in [5.74, 6) is 1.93. The number of fused-ring (bicyclic) bond motifs is 1. The van der Waals surface area contributed by atoms with E-state index in [9.17, 15) is 0 Å². The van der Waals surface area contributed by atoms with E-state index < -0.39 is 0 Å². The normalized spacial score (nSPS) is 14.5. The Balaban J connectivity index is 1.78. The number of aryl methyl sites for hydroxylation is 3. The van der Waals surface area contributed by atoms with Crippen LogP contribution in [0.5, 0.6) is 0 Å². The van der Waals surface area contributed by atoms with Gasteiger partial charge in [0.05, 0.1) is 12.0 Å². The highest BCUT2D eigenvalue weighted by Gasteiger charge is 2.15. The molecule has 1 aliphatic heterocycles. The lowest BCUT2D eigenvalue weighted by atomic mass is 10.1. The van der Waals surface area contributed by atoms with Gasteiger partial charge in [0.25, 0.3) is 0 Å². The summed E-state index contributed by atoms with van der Waals surface area (Å²) in [4.78, 5) is 9.27. The van der Waals surface area contributed by atoms with Crippen LogP contribution in [0, 0.1) is 6.92 Å². The fourth-order valence-electron chi connectivity index (χ4n) is 2.38. The smallest absolute Gasteiger partial charge is 0.129 e. The number of rotatable bonds is 3. The third kappa shape index (κ3) is 2.29. The zero-order chi connectivity index (χ0) is 12.4. The summed E-state index contributed by atoms with van der Waals surface area (Å²) < 4.78 is 5.33. The molecule has 0 bridgehead atoms. The Bertz CT molecular complexity index is 534. The first-order valence-corrected chi connectivity index (χ1v) is 6.41. The highest BCUT2D eigenvalue weighted by atomic mass is 16.3. The van der Waals surface area contributed by atoms with E-state index >= 15 is 0 Å². The van der Waals surface area contributed by atoms with Gasteiger partial charge in [-0.15, -0.1) is 0 Å². The van der Waals surface area contributed by atoms with Gasteiger partial charge in [0.1, 0.15) is 11.6 Å². The molecule has 0 amide bonds. The zero-order valence-corrected chi connectivity index (χ0v) is 10.6. The average Bonchev–Trinajstić information content (AvgIpc) is 2.90. The molecule has 2 aromatic rings. The van der Waals surface area contributed by atoms with Crippen LogP contribution in [0.15, 0.2) is 22.8 Å². The van der Waals surface area contributed by atoms with Crippen molar-refractivity contribution in [2.75, 3.05) is 6.54 Å². The van der Waals surface area contributed by atoms with Gasteiger partial charge in [-0.05, 0) is 19.1 Å². The molecule has 0 atom stereocenters. The van der Waals surface area contributed by atoms with E-state index in [4.69, 9.17) is 4.42 Å². The fraction of sp³-hybridized carbons (Fsp3) is 0.429. The first-order chi connectivity index (χ1) is 8.83. The van der Waals surface area contributed by atoms with Crippen molar-refractivity contribution in [2.45, 2.75) is 32.7 Å². The summed E-state index contributed by atoms with van der Waals surface area (Å²) in [6, 6.07) is 3.91. The van der Waals surface area contributed by atoms with Gasteiger partial charge in [-0.1, -0.05) is 0 Å². The molecule has 0 aliphatic carbocycles. The maximum absolute atomic E-state index is 5.33. The van der Waals surface area contributed by atoms with Crippen molar-refractivity contribution >= 4 is 0 Å². The number of aromatic nitrogens is 2.